The van der Waals surface area contributed by atoms with E-state index in [0.717, 1.165) is 11.4 Å². The summed E-state index contributed by atoms with van der Waals surface area (Å²) in [4.78, 5) is 38.6. The summed E-state index contributed by atoms with van der Waals surface area (Å²) in [5.74, 6) is -0.257. The van der Waals surface area contributed by atoms with Crippen LogP contribution >= 0.6 is 0 Å². The molecule has 0 aliphatic carbocycles. The zero-order chi connectivity index (χ0) is 17.3. The number of pyridine rings is 1. The molecule has 0 spiro atoms. The molecule has 1 fully saturated rings. The fourth-order valence-electron chi connectivity index (χ4n) is 2.45. The van der Waals surface area contributed by atoms with Gasteiger partial charge in [0.05, 0.1) is 24.0 Å². The molecule has 2 aromatic rings. The summed E-state index contributed by atoms with van der Waals surface area (Å²) < 4.78 is 1.71. The van der Waals surface area contributed by atoms with Gasteiger partial charge < -0.3 is 10.6 Å². The highest BCUT2D eigenvalue weighted by molar-refractivity contribution is 6.06. The van der Waals surface area contributed by atoms with E-state index in [4.69, 9.17) is 0 Å². The topological polar surface area (TPSA) is 118 Å². The van der Waals surface area contributed by atoms with Gasteiger partial charge in [0, 0.05) is 5.69 Å². The number of imide groups is 1. The first-order valence-electron chi connectivity index (χ1n) is 7.33. The van der Waals surface area contributed by atoms with Crippen molar-refractivity contribution in [3.63, 3.8) is 0 Å². The van der Waals surface area contributed by atoms with Gasteiger partial charge in [0.2, 0.25) is 5.91 Å². The van der Waals surface area contributed by atoms with Gasteiger partial charge in [-0.3, -0.25) is 14.9 Å². The maximum absolute atomic E-state index is 11.9. The number of nitrogens with one attached hydrogen (secondary N) is 3. The van der Waals surface area contributed by atoms with Crippen molar-refractivity contribution in [3.8, 4) is 5.82 Å². The van der Waals surface area contributed by atoms with Gasteiger partial charge in [0.15, 0.2) is 5.82 Å². The Morgan fingerprint density at radius 2 is 2.12 bits per heavy atom. The smallest absolute Gasteiger partial charge is 0.322 e. The van der Waals surface area contributed by atoms with Crippen molar-refractivity contribution in [2.45, 2.75) is 26.3 Å². The predicted octanol–water partition coefficient (Wildman–Crippen LogP) is 0.421. The van der Waals surface area contributed by atoms with Crippen LogP contribution in [0.1, 0.15) is 17.8 Å². The Hall–Kier alpha value is -3.23. The number of carbonyl (C=O) groups excluding carboxylic acids is 3. The average molecular weight is 328 g/mol. The molecule has 0 unspecified atom stereocenters. The minimum atomic E-state index is -0.848. The Kier molecular flexibility index (Phi) is 3.98. The lowest BCUT2D eigenvalue weighted by Gasteiger charge is -2.09. The molecule has 0 aromatic carbocycles. The minimum absolute atomic E-state index is 0.142. The van der Waals surface area contributed by atoms with Crippen molar-refractivity contribution in [2.75, 3.05) is 5.32 Å². The molecule has 0 radical (unpaired) electrons. The highest BCUT2D eigenvalue weighted by atomic mass is 16.2. The van der Waals surface area contributed by atoms with Gasteiger partial charge in [0.25, 0.3) is 5.91 Å². The van der Waals surface area contributed by atoms with Crippen LogP contribution in [0.25, 0.3) is 5.82 Å². The number of nitrogens with zero attached hydrogens (tertiary/aromatic N) is 3. The fraction of sp³-hybridized carbons (Fsp3) is 0.267. The molecule has 24 heavy (non-hydrogen) atoms. The van der Waals surface area contributed by atoms with E-state index in [2.05, 4.69) is 26.0 Å². The Morgan fingerprint density at radius 3 is 2.67 bits per heavy atom. The summed E-state index contributed by atoms with van der Waals surface area (Å²) in [6, 6.07) is 3.94. The number of anilines is 1. The third-order valence-corrected chi connectivity index (χ3v) is 3.51. The summed E-state index contributed by atoms with van der Waals surface area (Å²) in [5, 5.41) is 11.4. The molecule has 9 nitrogen and oxygen atoms in total. The van der Waals surface area contributed by atoms with E-state index in [1.807, 2.05) is 19.9 Å². The summed E-state index contributed by atoms with van der Waals surface area (Å²) in [7, 11) is 0. The number of aromatic nitrogens is 3. The van der Waals surface area contributed by atoms with Crippen LogP contribution in [0, 0.1) is 13.8 Å². The Balaban J connectivity index is 1.64. The molecular formula is C15H16N6O3. The molecule has 3 rings (SSSR count). The standard InChI is InChI=1S/C15H16N6O3/c1-8-5-9(2)21(20-8)12-4-3-10(7-16-12)17-13(22)6-11-14(23)19-15(24)18-11/h3-5,7,11H,6H2,1-2H3,(H,17,22)(H2,18,19,23,24)/t11-/m0/s1. The van der Waals surface area contributed by atoms with Crippen molar-refractivity contribution in [1.29, 1.82) is 0 Å². The van der Waals surface area contributed by atoms with E-state index in [9.17, 15) is 14.4 Å². The fourth-order valence-corrected chi connectivity index (χ4v) is 2.45. The van der Waals surface area contributed by atoms with Crippen LogP contribution < -0.4 is 16.0 Å². The molecule has 3 heterocycles. The molecule has 124 valence electrons. The lowest BCUT2D eigenvalue weighted by Crippen LogP contribution is -2.33. The summed E-state index contributed by atoms with van der Waals surface area (Å²) in [6.07, 6.45) is 1.37. The molecule has 9 heteroatoms. The lowest BCUT2D eigenvalue weighted by atomic mass is 10.2. The first-order chi connectivity index (χ1) is 11.4. The van der Waals surface area contributed by atoms with Crippen LogP contribution in [0.2, 0.25) is 0 Å². The SMILES string of the molecule is Cc1cc(C)n(-c2ccc(NC(=O)C[C@@H]3NC(=O)NC3=O)cn2)n1. The number of amides is 4. The van der Waals surface area contributed by atoms with Crippen LogP contribution in [0.4, 0.5) is 10.5 Å². The van der Waals surface area contributed by atoms with Crippen molar-refractivity contribution in [2.24, 2.45) is 0 Å². The molecular weight excluding hydrogens is 312 g/mol. The summed E-state index contributed by atoms with van der Waals surface area (Å²) in [6.45, 7) is 3.83. The maximum Gasteiger partial charge on any atom is 0.322 e. The van der Waals surface area contributed by atoms with E-state index < -0.39 is 23.9 Å². The van der Waals surface area contributed by atoms with Crippen LogP contribution in [-0.4, -0.2) is 38.7 Å². The second-order valence-electron chi connectivity index (χ2n) is 5.51. The Bertz CT molecular complexity index is 811. The molecule has 1 saturated heterocycles. The Labute approximate surface area is 137 Å². The number of urea groups is 1. The zero-order valence-corrected chi connectivity index (χ0v) is 13.2. The number of hydrogen-bond donors (Lipinski definition) is 3. The molecule has 0 bridgehead atoms. The first kappa shape index (κ1) is 15.7. The average Bonchev–Trinajstić information content (AvgIpc) is 3.01. The monoisotopic (exact) mass is 328 g/mol. The van der Waals surface area contributed by atoms with Crippen LogP contribution in [-0.2, 0) is 9.59 Å². The molecule has 2 aromatic heterocycles. The van der Waals surface area contributed by atoms with Gasteiger partial charge in [-0.15, -0.1) is 0 Å². The van der Waals surface area contributed by atoms with E-state index in [1.54, 1.807) is 16.8 Å². The Morgan fingerprint density at radius 1 is 1.33 bits per heavy atom. The minimum Gasteiger partial charge on any atom is -0.325 e. The van der Waals surface area contributed by atoms with Crippen LogP contribution in [0.3, 0.4) is 0 Å². The van der Waals surface area contributed by atoms with Gasteiger partial charge in [-0.1, -0.05) is 0 Å². The summed E-state index contributed by atoms with van der Waals surface area (Å²) in [5.41, 5.74) is 2.35. The van der Waals surface area contributed by atoms with Crippen molar-refractivity contribution in [1.82, 2.24) is 25.4 Å². The van der Waals surface area contributed by atoms with Gasteiger partial charge in [-0.05, 0) is 32.0 Å². The van der Waals surface area contributed by atoms with E-state index in [-0.39, 0.29) is 6.42 Å². The van der Waals surface area contributed by atoms with Crippen molar-refractivity contribution >= 4 is 23.5 Å². The second-order valence-corrected chi connectivity index (χ2v) is 5.51. The van der Waals surface area contributed by atoms with Crippen molar-refractivity contribution < 1.29 is 14.4 Å². The lowest BCUT2D eigenvalue weighted by molar-refractivity contribution is -0.124. The number of rotatable bonds is 4. The zero-order valence-electron chi connectivity index (χ0n) is 13.2. The van der Waals surface area contributed by atoms with Crippen LogP contribution in [0.15, 0.2) is 24.4 Å². The van der Waals surface area contributed by atoms with Gasteiger partial charge >= 0.3 is 6.03 Å². The molecule has 0 saturated carbocycles. The third-order valence-electron chi connectivity index (χ3n) is 3.51. The van der Waals surface area contributed by atoms with E-state index >= 15 is 0 Å². The number of aryl methyl sites for hydroxylation is 2. The van der Waals surface area contributed by atoms with E-state index in [0.29, 0.717) is 11.5 Å². The number of hydrogen-bond acceptors (Lipinski definition) is 5. The quantitative estimate of drug-likeness (QED) is 0.703. The molecule has 3 N–H and O–H groups in total. The normalized spacial score (nSPS) is 16.7. The van der Waals surface area contributed by atoms with Gasteiger partial charge in [-0.25, -0.2) is 14.5 Å². The second kappa shape index (κ2) is 6.11. The summed E-state index contributed by atoms with van der Waals surface area (Å²) >= 11 is 0. The molecule has 1 aliphatic heterocycles. The predicted molar refractivity (Wildman–Crippen MR) is 84.5 cm³/mol. The van der Waals surface area contributed by atoms with Gasteiger partial charge in [-0.2, -0.15) is 5.10 Å². The number of carbonyl (C=O) groups is 3. The largest absolute Gasteiger partial charge is 0.325 e. The molecule has 1 aliphatic rings. The maximum atomic E-state index is 11.9. The van der Waals surface area contributed by atoms with E-state index in [1.165, 1.54) is 6.20 Å². The van der Waals surface area contributed by atoms with Crippen molar-refractivity contribution in [3.05, 3.63) is 35.8 Å². The van der Waals surface area contributed by atoms with Crippen LogP contribution in [0.5, 0.6) is 0 Å². The molecule has 4 amide bonds. The highest BCUT2D eigenvalue weighted by Crippen LogP contribution is 2.13. The third kappa shape index (κ3) is 3.24. The first-order valence-corrected chi connectivity index (χ1v) is 7.33. The highest BCUT2D eigenvalue weighted by Gasteiger charge is 2.31. The molecule has 1 atom stereocenters. The van der Waals surface area contributed by atoms with Gasteiger partial charge in [0.1, 0.15) is 6.04 Å².